The predicted molar refractivity (Wildman–Crippen MR) is 171 cm³/mol. The van der Waals surface area contributed by atoms with Crippen molar-refractivity contribution in [2.45, 2.75) is 38.9 Å². The van der Waals surface area contributed by atoms with Crippen LogP contribution >= 0.6 is 0 Å². The van der Waals surface area contributed by atoms with Gasteiger partial charge in [0, 0.05) is 23.0 Å². The number of amides is 3. The standard InChI is InChI=1S/C34H40N4O7/c1-34(2,3)37-32(40)30(23-17-27(43-5)31(45-7)28(18-23)44-6)38(33(41)26-16-22-10-8-9-11-25(22)36-26)20-29(39)35-19-21-12-14-24(42-4)15-13-21/h8-18,30,36H,19-20H2,1-7H3,(H,35,39)(H,37,40). The highest BCUT2D eigenvalue weighted by molar-refractivity contribution is 6.02. The summed E-state index contributed by atoms with van der Waals surface area (Å²) in [7, 11) is 5.98. The summed E-state index contributed by atoms with van der Waals surface area (Å²) in [4.78, 5) is 46.3. The van der Waals surface area contributed by atoms with Crippen LogP contribution in [0.2, 0.25) is 0 Å². The van der Waals surface area contributed by atoms with Gasteiger partial charge in [-0.15, -0.1) is 0 Å². The van der Waals surface area contributed by atoms with Crippen LogP contribution in [0.15, 0.2) is 66.7 Å². The number of hydrogen-bond donors (Lipinski definition) is 3. The summed E-state index contributed by atoms with van der Waals surface area (Å²) in [6, 6.07) is 18.4. The number of H-pyrrole nitrogens is 1. The number of carbonyl (C=O) groups is 3. The Bertz CT molecular complexity index is 1600. The molecule has 3 aromatic carbocycles. The summed E-state index contributed by atoms with van der Waals surface area (Å²) in [6.07, 6.45) is 0. The average Bonchev–Trinajstić information content (AvgIpc) is 3.46. The van der Waals surface area contributed by atoms with E-state index >= 15 is 0 Å². The first-order valence-electron chi connectivity index (χ1n) is 14.4. The fourth-order valence-electron chi connectivity index (χ4n) is 4.95. The van der Waals surface area contributed by atoms with Gasteiger partial charge in [0.1, 0.15) is 24.0 Å². The first kappa shape index (κ1) is 32.7. The van der Waals surface area contributed by atoms with Crippen LogP contribution in [0, 0.1) is 0 Å². The van der Waals surface area contributed by atoms with Crippen molar-refractivity contribution < 1.29 is 33.3 Å². The minimum absolute atomic E-state index is 0.209. The molecule has 1 heterocycles. The summed E-state index contributed by atoms with van der Waals surface area (Å²) >= 11 is 0. The number of carbonyl (C=O) groups excluding carboxylic acids is 3. The Kier molecular flexibility index (Phi) is 10.2. The Hall–Kier alpha value is -5.19. The highest BCUT2D eigenvalue weighted by atomic mass is 16.5. The molecule has 1 aromatic heterocycles. The molecule has 0 spiro atoms. The van der Waals surface area contributed by atoms with Gasteiger partial charge < -0.3 is 39.5 Å². The first-order valence-corrected chi connectivity index (χ1v) is 14.4. The number of ether oxygens (including phenoxy) is 4. The number of fused-ring (bicyclic) bond motifs is 1. The van der Waals surface area contributed by atoms with Crippen LogP contribution < -0.4 is 29.6 Å². The van der Waals surface area contributed by atoms with Crippen molar-refractivity contribution in [3.05, 3.63) is 83.6 Å². The Labute approximate surface area is 262 Å². The van der Waals surface area contributed by atoms with E-state index in [0.29, 0.717) is 28.6 Å². The molecule has 0 bridgehead atoms. The molecule has 45 heavy (non-hydrogen) atoms. The summed E-state index contributed by atoms with van der Waals surface area (Å²) < 4.78 is 21.8. The lowest BCUT2D eigenvalue weighted by Crippen LogP contribution is -2.51. The van der Waals surface area contributed by atoms with Crippen molar-refractivity contribution in [1.29, 1.82) is 0 Å². The molecule has 0 aliphatic carbocycles. The smallest absolute Gasteiger partial charge is 0.271 e. The van der Waals surface area contributed by atoms with Gasteiger partial charge >= 0.3 is 0 Å². The normalized spacial score (nSPS) is 11.8. The van der Waals surface area contributed by atoms with Gasteiger partial charge in [0.05, 0.1) is 28.4 Å². The number of aromatic amines is 1. The van der Waals surface area contributed by atoms with Crippen molar-refractivity contribution in [3.8, 4) is 23.0 Å². The van der Waals surface area contributed by atoms with Crippen molar-refractivity contribution in [2.24, 2.45) is 0 Å². The van der Waals surface area contributed by atoms with Gasteiger partial charge in [-0.2, -0.15) is 0 Å². The minimum atomic E-state index is -1.26. The third-order valence-corrected chi connectivity index (χ3v) is 7.04. The summed E-state index contributed by atoms with van der Waals surface area (Å²) in [5.74, 6) is 0.0986. The summed E-state index contributed by atoms with van der Waals surface area (Å²) in [5, 5.41) is 6.66. The molecule has 0 fully saturated rings. The number of aromatic nitrogens is 1. The Morgan fingerprint density at radius 2 is 1.49 bits per heavy atom. The summed E-state index contributed by atoms with van der Waals surface area (Å²) in [5.41, 5.74) is 1.51. The number of rotatable bonds is 12. The van der Waals surface area contributed by atoms with Crippen LogP contribution in [-0.2, 0) is 16.1 Å². The number of para-hydroxylation sites is 1. The van der Waals surface area contributed by atoms with Crippen LogP contribution in [0.1, 0.15) is 48.4 Å². The first-order chi connectivity index (χ1) is 21.5. The number of hydrogen-bond acceptors (Lipinski definition) is 7. The topological polar surface area (TPSA) is 131 Å². The second-order valence-electron chi connectivity index (χ2n) is 11.4. The van der Waals surface area contributed by atoms with Gasteiger partial charge in [0.25, 0.3) is 5.91 Å². The largest absolute Gasteiger partial charge is 0.497 e. The average molecular weight is 617 g/mol. The molecule has 0 saturated carbocycles. The van der Waals surface area contributed by atoms with E-state index in [4.69, 9.17) is 18.9 Å². The molecule has 1 unspecified atom stereocenters. The van der Waals surface area contributed by atoms with Crippen molar-refractivity contribution in [1.82, 2.24) is 20.5 Å². The molecule has 11 heteroatoms. The quantitative estimate of drug-likeness (QED) is 0.212. The molecule has 4 rings (SSSR count). The Morgan fingerprint density at radius 1 is 0.844 bits per heavy atom. The van der Waals surface area contributed by atoms with E-state index in [9.17, 15) is 14.4 Å². The van der Waals surface area contributed by atoms with Gasteiger partial charge in [-0.1, -0.05) is 30.3 Å². The van der Waals surface area contributed by atoms with Gasteiger partial charge in [0.15, 0.2) is 11.5 Å². The zero-order chi connectivity index (χ0) is 32.7. The second kappa shape index (κ2) is 14.1. The van der Waals surface area contributed by atoms with Crippen molar-refractivity contribution >= 4 is 28.6 Å². The van der Waals surface area contributed by atoms with E-state index < -0.39 is 35.8 Å². The molecule has 0 saturated heterocycles. The lowest BCUT2D eigenvalue weighted by atomic mass is 10.00. The van der Waals surface area contributed by atoms with Crippen molar-refractivity contribution in [3.63, 3.8) is 0 Å². The highest BCUT2D eigenvalue weighted by Gasteiger charge is 2.37. The van der Waals surface area contributed by atoms with Crippen LogP contribution in [0.4, 0.5) is 0 Å². The maximum atomic E-state index is 14.3. The van der Waals surface area contributed by atoms with Gasteiger partial charge in [-0.05, 0) is 68.3 Å². The molecule has 238 valence electrons. The fourth-order valence-corrected chi connectivity index (χ4v) is 4.95. The molecular weight excluding hydrogens is 576 g/mol. The van der Waals surface area contributed by atoms with E-state index in [2.05, 4.69) is 15.6 Å². The molecule has 11 nitrogen and oxygen atoms in total. The third-order valence-electron chi connectivity index (χ3n) is 7.04. The molecular formula is C34H40N4O7. The van der Waals surface area contributed by atoms with Gasteiger partial charge in [0.2, 0.25) is 17.6 Å². The summed E-state index contributed by atoms with van der Waals surface area (Å²) in [6.45, 7) is 5.29. The van der Waals surface area contributed by atoms with Crippen LogP contribution in [0.3, 0.4) is 0 Å². The highest BCUT2D eigenvalue weighted by Crippen LogP contribution is 2.41. The zero-order valence-electron chi connectivity index (χ0n) is 26.6. The van der Waals surface area contributed by atoms with Crippen molar-refractivity contribution in [2.75, 3.05) is 35.0 Å². The molecule has 0 aliphatic rings. The number of benzene rings is 3. The van der Waals surface area contributed by atoms with E-state index in [-0.39, 0.29) is 12.2 Å². The Balaban J connectivity index is 1.80. The van der Waals surface area contributed by atoms with E-state index in [0.717, 1.165) is 16.5 Å². The van der Waals surface area contributed by atoms with Gasteiger partial charge in [-0.25, -0.2) is 0 Å². The maximum absolute atomic E-state index is 14.3. The van der Waals surface area contributed by atoms with Crippen LogP contribution in [0.25, 0.3) is 10.9 Å². The predicted octanol–water partition coefficient (Wildman–Crippen LogP) is 4.62. The van der Waals surface area contributed by atoms with Crippen LogP contribution in [0.5, 0.6) is 23.0 Å². The van der Waals surface area contributed by atoms with E-state index in [1.165, 1.54) is 26.2 Å². The molecule has 3 amide bonds. The SMILES string of the molecule is COc1ccc(CNC(=O)CN(C(=O)c2cc3ccccc3[nH]2)C(C(=O)NC(C)(C)C)c2cc(OC)c(OC)c(OC)c2)cc1. The minimum Gasteiger partial charge on any atom is -0.497 e. The Morgan fingerprint density at radius 3 is 2.04 bits per heavy atom. The lowest BCUT2D eigenvalue weighted by Gasteiger charge is -2.33. The number of nitrogens with zero attached hydrogens (tertiary/aromatic N) is 1. The molecule has 1 atom stereocenters. The molecule has 4 aromatic rings. The molecule has 3 N–H and O–H groups in total. The molecule has 0 aliphatic heterocycles. The zero-order valence-corrected chi connectivity index (χ0v) is 26.6. The second-order valence-corrected chi connectivity index (χ2v) is 11.4. The third kappa shape index (κ3) is 7.86. The van der Waals surface area contributed by atoms with Gasteiger partial charge in [-0.3, -0.25) is 14.4 Å². The van der Waals surface area contributed by atoms with E-state index in [1.54, 1.807) is 37.4 Å². The monoisotopic (exact) mass is 616 g/mol. The maximum Gasteiger partial charge on any atom is 0.271 e. The number of methoxy groups -OCH3 is 4. The molecule has 0 radical (unpaired) electrons. The van der Waals surface area contributed by atoms with Crippen LogP contribution in [-0.4, -0.2) is 68.1 Å². The lowest BCUT2D eigenvalue weighted by molar-refractivity contribution is -0.129. The fraction of sp³-hybridized carbons (Fsp3) is 0.324. The number of nitrogens with one attached hydrogen (secondary N) is 3. The van der Waals surface area contributed by atoms with E-state index in [1.807, 2.05) is 57.2 Å².